The van der Waals surface area contributed by atoms with Gasteiger partial charge in [0.15, 0.2) is 0 Å². The zero-order chi connectivity index (χ0) is 16.3. The van der Waals surface area contributed by atoms with Crippen molar-refractivity contribution in [3.63, 3.8) is 0 Å². The van der Waals surface area contributed by atoms with Crippen LogP contribution < -0.4 is 10.5 Å². The van der Waals surface area contributed by atoms with Gasteiger partial charge in [0.25, 0.3) is 0 Å². The van der Waals surface area contributed by atoms with Crippen molar-refractivity contribution in [2.75, 3.05) is 32.8 Å². The predicted octanol–water partition coefficient (Wildman–Crippen LogP) is 2.08. The molecule has 2 aliphatic rings. The highest BCUT2D eigenvalue weighted by Gasteiger charge is 2.40. The van der Waals surface area contributed by atoms with Gasteiger partial charge in [-0.05, 0) is 37.0 Å². The van der Waals surface area contributed by atoms with Gasteiger partial charge in [0.1, 0.15) is 18.0 Å². The Morgan fingerprint density at radius 1 is 1.48 bits per heavy atom. The van der Waals surface area contributed by atoms with E-state index in [9.17, 15) is 4.79 Å². The molecule has 0 unspecified atom stereocenters. The maximum Gasteiger partial charge on any atom is 0.220 e. The van der Waals surface area contributed by atoms with Crippen LogP contribution in [0.25, 0.3) is 0 Å². The van der Waals surface area contributed by atoms with Gasteiger partial charge in [-0.1, -0.05) is 17.7 Å². The van der Waals surface area contributed by atoms with Crippen LogP contribution in [0, 0.1) is 5.92 Å². The molecule has 1 saturated heterocycles. The molecule has 23 heavy (non-hydrogen) atoms. The topological polar surface area (TPSA) is 64.8 Å². The molecule has 0 aromatic heterocycles. The van der Waals surface area contributed by atoms with Crippen molar-refractivity contribution in [3.05, 3.63) is 29.3 Å². The van der Waals surface area contributed by atoms with Crippen molar-refractivity contribution in [1.29, 1.82) is 0 Å². The Bertz CT molecular complexity index is 565. The number of halogens is 1. The number of amides is 1. The number of morpholine rings is 1. The third-order valence-electron chi connectivity index (χ3n) is 4.34. The third kappa shape index (κ3) is 4.83. The molecular formula is C17H23ClN2O3. The van der Waals surface area contributed by atoms with E-state index < -0.39 is 5.60 Å². The summed E-state index contributed by atoms with van der Waals surface area (Å²) in [6.45, 7) is 3.53. The molecule has 3 rings (SSSR count). The number of hydrogen-bond acceptors (Lipinski definition) is 4. The van der Waals surface area contributed by atoms with E-state index in [0.29, 0.717) is 23.9 Å². The van der Waals surface area contributed by atoms with Gasteiger partial charge in [0, 0.05) is 24.7 Å². The molecule has 6 heteroatoms. The van der Waals surface area contributed by atoms with E-state index in [1.54, 1.807) is 12.1 Å². The van der Waals surface area contributed by atoms with E-state index in [-0.39, 0.29) is 18.9 Å². The van der Waals surface area contributed by atoms with E-state index in [0.717, 1.165) is 19.0 Å². The summed E-state index contributed by atoms with van der Waals surface area (Å²) >= 11 is 5.98. The lowest BCUT2D eigenvalue weighted by Crippen LogP contribution is -2.56. The fraction of sp³-hybridized carbons (Fsp3) is 0.588. The summed E-state index contributed by atoms with van der Waals surface area (Å²) < 4.78 is 11.8. The number of nitrogens with two attached hydrogens (primary N) is 1. The molecule has 0 radical (unpaired) electrons. The lowest BCUT2D eigenvalue weighted by Gasteiger charge is -2.42. The van der Waals surface area contributed by atoms with Crippen molar-refractivity contribution in [2.45, 2.75) is 24.9 Å². The van der Waals surface area contributed by atoms with Gasteiger partial charge < -0.3 is 15.2 Å². The van der Waals surface area contributed by atoms with E-state index in [1.807, 2.05) is 12.1 Å². The number of rotatable bonds is 7. The average Bonchev–Trinajstić information content (AvgIpc) is 3.29. The quantitative estimate of drug-likeness (QED) is 0.826. The first-order valence-electron chi connectivity index (χ1n) is 8.08. The van der Waals surface area contributed by atoms with Crippen molar-refractivity contribution < 1.29 is 14.3 Å². The molecule has 2 N–H and O–H groups in total. The van der Waals surface area contributed by atoms with Crippen molar-refractivity contribution >= 4 is 17.5 Å². The Hall–Kier alpha value is -1.30. The number of carbonyl (C=O) groups is 1. The first kappa shape index (κ1) is 16.6. The fourth-order valence-corrected chi connectivity index (χ4v) is 3.26. The summed E-state index contributed by atoms with van der Waals surface area (Å²) in [7, 11) is 0. The zero-order valence-corrected chi connectivity index (χ0v) is 13.9. The molecule has 126 valence electrons. The van der Waals surface area contributed by atoms with Gasteiger partial charge in [-0.15, -0.1) is 0 Å². The maximum atomic E-state index is 11.5. The van der Waals surface area contributed by atoms with Crippen LogP contribution in [-0.2, 0) is 9.53 Å². The van der Waals surface area contributed by atoms with E-state index in [2.05, 4.69) is 4.90 Å². The fourth-order valence-electron chi connectivity index (χ4n) is 3.08. The lowest BCUT2D eigenvalue weighted by atomic mass is 9.97. The van der Waals surface area contributed by atoms with Gasteiger partial charge in [-0.3, -0.25) is 9.69 Å². The molecule has 5 nitrogen and oxygen atoms in total. The molecule has 1 heterocycles. The normalized spacial score (nSPS) is 25.3. The lowest BCUT2D eigenvalue weighted by molar-refractivity contribution is -0.147. The average molecular weight is 339 g/mol. The Kier molecular flexibility index (Phi) is 5.09. The Morgan fingerprint density at radius 3 is 3.00 bits per heavy atom. The Labute approximate surface area is 141 Å². The molecular weight excluding hydrogens is 316 g/mol. The van der Waals surface area contributed by atoms with Crippen LogP contribution in [0.1, 0.15) is 19.3 Å². The van der Waals surface area contributed by atoms with Crippen LogP contribution in [0.5, 0.6) is 5.75 Å². The minimum absolute atomic E-state index is 0.161. The third-order valence-corrected chi connectivity index (χ3v) is 4.57. The summed E-state index contributed by atoms with van der Waals surface area (Å²) in [5.41, 5.74) is 4.77. The predicted molar refractivity (Wildman–Crippen MR) is 88.6 cm³/mol. The maximum absolute atomic E-state index is 11.5. The van der Waals surface area contributed by atoms with E-state index in [1.165, 1.54) is 12.8 Å². The molecule has 1 atom stereocenters. The highest BCUT2D eigenvalue weighted by Crippen LogP contribution is 2.32. The Balaban J connectivity index is 1.66. The number of ether oxygens (including phenoxy) is 2. The van der Waals surface area contributed by atoms with Crippen LogP contribution in [0.3, 0.4) is 0 Å². The van der Waals surface area contributed by atoms with Gasteiger partial charge in [0.05, 0.1) is 13.0 Å². The largest absolute Gasteiger partial charge is 0.490 e. The number of primary amides is 1. The minimum Gasteiger partial charge on any atom is -0.490 e. The SMILES string of the molecule is NC(=O)C[C@]1(COc2cccc(Cl)c2)CN(CC2CC2)CCO1. The molecule has 1 saturated carbocycles. The first-order valence-corrected chi connectivity index (χ1v) is 8.45. The van der Waals surface area contributed by atoms with Crippen molar-refractivity contribution in [2.24, 2.45) is 11.7 Å². The Morgan fingerprint density at radius 2 is 2.30 bits per heavy atom. The van der Waals surface area contributed by atoms with Gasteiger partial charge in [-0.25, -0.2) is 0 Å². The van der Waals surface area contributed by atoms with Crippen LogP contribution in [0.15, 0.2) is 24.3 Å². The molecule has 2 fully saturated rings. The molecule has 0 bridgehead atoms. The van der Waals surface area contributed by atoms with Gasteiger partial charge >= 0.3 is 0 Å². The van der Waals surface area contributed by atoms with Crippen LogP contribution in [0.2, 0.25) is 5.02 Å². The van der Waals surface area contributed by atoms with Gasteiger partial charge in [-0.2, -0.15) is 0 Å². The highest BCUT2D eigenvalue weighted by atomic mass is 35.5. The summed E-state index contributed by atoms with van der Waals surface area (Å²) in [6, 6.07) is 7.22. The zero-order valence-electron chi connectivity index (χ0n) is 13.2. The molecule has 1 amide bonds. The van der Waals surface area contributed by atoms with E-state index in [4.69, 9.17) is 26.8 Å². The highest BCUT2D eigenvalue weighted by molar-refractivity contribution is 6.30. The molecule has 0 spiro atoms. The molecule has 1 aromatic rings. The van der Waals surface area contributed by atoms with E-state index >= 15 is 0 Å². The number of nitrogens with zero attached hydrogens (tertiary/aromatic N) is 1. The first-order chi connectivity index (χ1) is 11.0. The minimum atomic E-state index is -0.679. The van der Waals surface area contributed by atoms with Crippen molar-refractivity contribution in [3.8, 4) is 5.75 Å². The van der Waals surface area contributed by atoms with Crippen LogP contribution in [-0.4, -0.2) is 49.3 Å². The smallest absolute Gasteiger partial charge is 0.220 e. The standard InChI is InChI=1S/C17H23ClN2O3/c18-14-2-1-3-15(8-14)22-12-17(9-16(19)21)11-20(6-7-23-17)10-13-4-5-13/h1-3,8,13H,4-7,9-12H2,(H2,19,21)/t17-/m1/s1. The van der Waals surface area contributed by atoms with Gasteiger partial charge in [0.2, 0.25) is 5.91 Å². The molecule has 1 aliphatic heterocycles. The van der Waals surface area contributed by atoms with Crippen molar-refractivity contribution in [1.82, 2.24) is 4.90 Å². The molecule has 1 aromatic carbocycles. The molecule has 1 aliphatic carbocycles. The second-order valence-corrected chi connectivity index (χ2v) is 7.04. The van der Waals surface area contributed by atoms with Crippen LogP contribution >= 0.6 is 11.6 Å². The monoisotopic (exact) mass is 338 g/mol. The second-order valence-electron chi connectivity index (χ2n) is 6.60. The summed E-state index contributed by atoms with van der Waals surface area (Å²) in [6.07, 6.45) is 2.77. The van der Waals surface area contributed by atoms with Crippen LogP contribution in [0.4, 0.5) is 0 Å². The summed E-state index contributed by atoms with van der Waals surface area (Å²) in [4.78, 5) is 13.9. The number of benzene rings is 1. The summed E-state index contributed by atoms with van der Waals surface area (Å²) in [5, 5.41) is 0.617. The number of hydrogen-bond donors (Lipinski definition) is 1. The summed E-state index contributed by atoms with van der Waals surface area (Å²) in [5.74, 6) is 1.10. The number of carbonyl (C=O) groups excluding carboxylic acids is 1. The second kappa shape index (κ2) is 7.07.